The highest BCUT2D eigenvalue weighted by molar-refractivity contribution is 5.88. The molecule has 2 rings (SSSR count). The summed E-state index contributed by atoms with van der Waals surface area (Å²) in [5, 5.41) is 5.72. The molecule has 5 heteroatoms. The number of methoxy groups -OCH3 is 1. The molecule has 1 aliphatic carbocycles. The Hall–Kier alpha value is -1.62. The first-order valence-corrected chi connectivity index (χ1v) is 7.02. The fourth-order valence-electron chi connectivity index (χ4n) is 2.34. The van der Waals surface area contributed by atoms with Gasteiger partial charge >= 0.3 is 6.03 Å². The molecular formula is C15H23N3O2. The summed E-state index contributed by atoms with van der Waals surface area (Å²) in [5.74, 6) is 0.599. The van der Waals surface area contributed by atoms with Crippen LogP contribution in [0.3, 0.4) is 0 Å². The smallest absolute Gasteiger partial charge is 0.320 e. The number of hydrogen-bond donors (Lipinski definition) is 2. The minimum absolute atomic E-state index is 0.189. The van der Waals surface area contributed by atoms with Gasteiger partial charge in [0.25, 0.3) is 0 Å². The molecule has 0 spiro atoms. The van der Waals surface area contributed by atoms with E-state index >= 15 is 0 Å². The Morgan fingerprint density at radius 1 is 1.40 bits per heavy atom. The number of nitrogens with one attached hydrogen (secondary N) is 2. The number of carbonyl (C=O) groups excluding carboxylic acids is 1. The largest absolute Gasteiger partial charge is 0.385 e. The third kappa shape index (κ3) is 4.20. The average molecular weight is 277 g/mol. The molecule has 0 unspecified atom stereocenters. The number of hydrogen-bond acceptors (Lipinski definition) is 3. The van der Waals surface area contributed by atoms with Crippen molar-refractivity contribution >= 4 is 11.8 Å². The molecule has 0 radical (unpaired) electrons. The molecule has 110 valence electrons. The van der Waals surface area contributed by atoms with Crippen LogP contribution in [0.1, 0.15) is 30.5 Å². The molecule has 0 atom stereocenters. The van der Waals surface area contributed by atoms with Gasteiger partial charge in [0.15, 0.2) is 0 Å². The van der Waals surface area contributed by atoms with Gasteiger partial charge in [0, 0.05) is 26.0 Å². The SMILES string of the molecule is COCCC1(CNC(=O)Nc2cc(C)cc(C)n2)CC1. The van der Waals surface area contributed by atoms with E-state index in [9.17, 15) is 4.79 Å². The van der Waals surface area contributed by atoms with E-state index in [0.29, 0.717) is 12.4 Å². The van der Waals surface area contributed by atoms with Gasteiger partial charge in [-0.1, -0.05) is 0 Å². The van der Waals surface area contributed by atoms with Crippen LogP contribution >= 0.6 is 0 Å². The number of anilines is 1. The number of rotatable bonds is 6. The number of urea groups is 1. The summed E-state index contributed by atoms with van der Waals surface area (Å²) in [5.41, 5.74) is 2.24. The van der Waals surface area contributed by atoms with Crippen LogP contribution in [0.15, 0.2) is 12.1 Å². The first-order valence-electron chi connectivity index (χ1n) is 7.02. The molecule has 1 aliphatic rings. The second-order valence-electron chi connectivity index (χ2n) is 5.72. The Morgan fingerprint density at radius 3 is 2.75 bits per heavy atom. The van der Waals surface area contributed by atoms with E-state index in [1.165, 1.54) is 12.8 Å². The molecule has 1 fully saturated rings. The molecule has 1 aromatic heterocycles. The van der Waals surface area contributed by atoms with Crippen molar-refractivity contribution in [1.29, 1.82) is 0 Å². The van der Waals surface area contributed by atoms with E-state index in [4.69, 9.17) is 4.74 Å². The van der Waals surface area contributed by atoms with E-state index < -0.39 is 0 Å². The molecule has 0 aromatic carbocycles. The number of nitrogens with zero attached hydrogens (tertiary/aromatic N) is 1. The van der Waals surface area contributed by atoms with Gasteiger partial charge in [-0.2, -0.15) is 0 Å². The quantitative estimate of drug-likeness (QED) is 0.840. The molecule has 1 aromatic rings. The van der Waals surface area contributed by atoms with Crippen molar-refractivity contribution in [2.75, 3.05) is 25.6 Å². The van der Waals surface area contributed by atoms with E-state index in [1.807, 2.05) is 26.0 Å². The second kappa shape index (κ2) is 6.22. The van der Waals surface area contributed by atoms with Crippen molar-refractivity contribution in [2.24, 2.45) is 5.41 Å². The van der Waals surface area contributed by atoms with Crippen LogP contribution in [0.4, 0.5) is 10.6 Å². The van der Waals surface area contributed by atoms with Gasteiger partial charge in [-0.25, -0.2) is 9.78 Å². The fourth-order valence-corrected chi connectivity index (χ4v) is 2.34. The lowest BCUT2D eigenvalue weighted by Gasteiger charge is -2.15. The van der Waals surface area contributed by atoms with Crippen molar-refractivity contribution in [3.63, 3.8) is 0 Å². The minimum Gasteiger partial charge on any atom is -0.385 e. The van der Waals surface area contributed by atoms with Crippen molar-refractivity contribution in [2.45, 2.75) is 33.1 Å². The number of carbonyl (C=O) groups is 1. The zero-order valence-corrected chi connectivity index (χ0v) is 12.5. The first kappa shape index (κ1) is 14.8. The third-order valence-electron chi connectivity index (χ3n) is 3.76. The molecule has 2 N–H and O–H groups in total. The Balaban J connectivity index is 1.81. The van der Waals surface area contributed by atoms with Gasteiger partial charge in [-0.3, -0.25) is 5.32 Å². The maximum absolute atomic E-state index is 11.9. The molecule has 20 heavy (non-hydrogen) atoms. The minimum atomic E-state index is -0.189. The molecule has 1 heterocycles. The maximum Gasteiger partial charge on any atom is 0.320 e. The Morgan fingerprint density at radius 2 is 2.15 bits per heavy atom. The standard InChI is InChI=1S/C15H23N3O2/c1-11-8-12(2)17-13(9-11)18-14(19)16-10-15(4-5-15)6-7-20-3/h8-9H,4-7,10H2,1-3H3,(H2,16,17,18,19). The lowest BCUT2D eigenvalue weighted by molar-refractivity contribution is 0.171. The van der Waals surface area contributed by atoms with Crippen LogP contribution < -0.4 is 10.6 Å². The Kier molecular flexibility index (Phi) is 4.60. The fraction of sp³-hybridized carbons (Fsp3) is 0.600. The summed E-state index contributed by atoms with van der Waals surface area (Å²) in [4.78, 5) is 16.2. The molecule has 5 nitrogen and oxygen atoms in total. The third-order valence-corrected chi connectivity index (χ3v) is 3.76. The van der Waals surface area contributed by atoms with Gasteiger partial charge in [-0.15, -0.1) is 0 Å². The summed E-state index contributed by atoms with van der Waals surface area (Å²) in [6.07, 6.45) is 3.34. The Bertz CT molecular complexity index is 464. The number of ether oxygens (including phenoxy) is 1. The van der Waals surface area contributed by atoms with Gasteiger partial charge in [-0.05, 0) is 56.2 Å². The van der Waals surface area contributed by atoms with E-state index in [1.54, 1.807) is 7.11 Å². The summed E-state index contributed by atoms with van der Waals surface area (Å²) in [6.45, 7) is 5.36. The summed E-state index contributed by atoms with van der Waals surface area (Å²) < 4.78 is 5.11. The van der Waals surface area contributed by atoms with Crippen LogP contribution in [0.5, 0.6) is 0 Å². The second-order valence-corrected chi connectivity index (χ2v) is 5.72. The molecule has 0 saturated heterocycles. The van der Waals surface area contributed by atoms with Crippen molar-refractivity contribution in [1.82, 2.24) is 10.3 Å². The monoisotopic (exact) mass is 277 g/mol. The molecule has 1 saturated carbocycles. The normalized spacial score (nSPS) is 15.8. The highest BCUT2D eigenvalue weighted by Crippen LogP contribution is 2.48. The predicted octanol–water partition coefficient (Wildman–Crippen LogP) is 2.64. The van der Waals surface area contributed by atoms with Crippen LogP contribution in [-0.2, 0) is 4.74 Å². The van der Waals surface area contributed by atoms with Crippen LogP contribution in [0, 0.1) is 19.3 Å². The summed E-state index contributed by atoms with van der Waals surface area (Å²) in [7, 11) is 1.71. The van der Waals surface area contributed by atoms with Crippen molar-refractivity contribution < 1.29 is 9.53 Å². The highest BCUT2D eigenvalue weighted by Gasteiger charge is 2.42. The zero-order valence-electron chi connectivity index (χ0n) is 12.5. The van der Waals surface area contributed by atoms with Crippen LogP contribution in [0.25, 0.3) is 0 Å². The number of aromatic nitrogens is 1. The van der Waals surface area contributed by atoms with Gasteiger partial charge < -0.3 is 10.1 Å². The molecule has 2 amide bonds. The van der Waals surface area contributed by atoms with Gasteiger partial charge in [0.2, 0.25) is 0 Å². The van der Waals surface area contributed by atoms with Crippen molar-refractivity contribution in [3.05, 3.63) is 23.4 Å². The lowest BCUT2D eigenvalue weighted by Crippen LogP contribution is -2.34. The summed E-state index contributed by atoms with van der Waals surface area (Å²) >= 11 is 0. The molecule has 0 aliphatic heterocycles. The number of amides is 2. The Labute approximate surface area is 120 Å². The van der Waals surface area contributed by atoms with Gasteiger partial charge in [0.05, 0.1) is 0 Å². The molecule has 0 bridgehead atoms. The van der Waals surface area contributed by atoms with Crippen molar-refractivity contribution in [3.8, 4) is 0 Å². The summed E-state index contributed by atoms with van der Waals surface area (Å²) in [6, 6.07) is 3.66. The van der Waals surface area contributed by atoms with E-state index in [-0.39, 0.29) is 11.4 Å². The topological polar surface area (TPSA) is 63.2 Å². The van der Waals surface area contributed by atoms with Crippen LogP contribution in [-0.4, -0.2) is 31.3 Å². The van der Waals surface area contributed by atoms with Crippen LogP contribution in [0.2, 0.25) is 0 Å². The average Bonchev–Trinajstić information content (AvgIpc) is 3.13. The maximum atomic E-state index is 11.9. The number of aryl methyl sites for hydroxylation is 2. The van der Waals surface area contributed by atoms with E-state index in [2.05, 4.69) is 15.6 Å². The first-order chi connectivity index (χ1) is 9.53. The molecular weight excluding hydrogens is 254 g/mol. The predicted molar refractivity (Wildman–Crippen MR) is 78.9 cm³/mol. The zero-order chi connectivity index (χ0) is 14.6. The van der Waals surface area contributed by atoms with E-state index in [0.717, 1.165) is 24.3 Å². The highest BCUT2D eigenvalue weighted by atomic mass is 16.5. The number of pyridine rings is 1. The van der Waals surface area contributed by atoms with Gasteiger partial charge in [0.1, 0.15) is 5.82 Å². The lowest BCUT2D eigenvalue weighted by atomic mass is 10.0.